The highest BCUT2D eigenvalue weighted by molar-refractivity contribution is 5.76. The first-order valence-electron chi connectivity index (χ1n) is 6.39. The molecule has 0 aliphatic heterocycles. The summed E-state index contributed by atoms with van der Waals surface area (Å²) in [7, 11) is 0. The zero-order chi connectivity index (χ0) is 14.2. The Hall–Kier alpha value is -2.43. The van der Waals surface area contributed by atoms with Crippen LogP contribution in [0.5, 0.6) is 0 Å². The van der Waals surface area contributed by atoms with Gasteiger partial charge in [-0.1, -0.05) is 6.07 Å². The molecule has 1 heterocycles. The number of benzene rings is 1. The summed E-state index contributed by atoms with van der Waals surface area (Å²) in [6, 6.07) is 9.87. The van der Waals surface area contributed by atoms with Crippen molar-refractivity contribution in [3.05, 3.63) is 60.2 Å². The number of carbonyl (C=O) groups excluding carboxylic acids is 1. The first-order valence-corrected chi connectivity index (χ1v) is 6.39. The Balaban J connectivity index is 1.68. The molecule has 0 unspecified atom stereocenters. The first-order chi connectivity index (χ1) is 9.74. The van der Waals surface area contributed by atoms with Gasteiger partial charge in [0.15, 0.2) is 0 Å². The second-order valence-electron chi connectivity index (χ2n) is 4.32. The van der Waals surface area contributed by atoms with Gasteiger partial charge in [0.05, 0.1) is 0 Å². The van der Waals surface area contributed by atoms with Gasteiger partial charge in [-0.15, -0.1) is 0 Å². The number of nitrogens with zero attached hydrogens (tertiary/aromatic N) is 1. The third-order valence-corrected chi connectivity index (χ3v) is 2.74. The van der Waals surface area contributed by atoms with E-state index in [1.165, 1.54) is 12.1 Å². The minimum absolute atomic E-state index is 0.0503. The number of aromatic nitrogens is 1. The number of amides is 1. The Morgan fingerprint density at radius 2 is 2.00 bits per heavy atom. The van der Waals surface area contributed by atoms with Crippen LogP contribution in [0.15, 0.2) is 48.8 Å². The van der Waals surface area contributed by atoms with Crippen LogP contribution < -0.4 is 10.6 Å². The van der Waals surface area contributed by atoms with Gasteiger partial charge in [-0.25, -0.2) is 4.39 Å². The van der Waals surface area contributed by atoms with Gasteiger partial charge in [0.2, 0.25) is 5.91 Å². The molecule has 1 aromatic carbocycles. The van der Waals surface area contributed by atoms with Gasteiger partial charge in [-0.3, -0.25) is 9.78 Å². The highest BCUT2D eigenvalue weighted by Crippen LogP contribution is 2.08. The molecule has 2 aromatic rings. The largest absolute Gasteiger partial charge is 0.384 e. The molecule has 2 rings (SSSR count). The van der Waals surface area contributed by atoms with E-state index in [1.807, 2.05) is 12.1 Å². The number of anilines is 1. The van der Waals surface area contributed by atoms with Crippen molar-refractivity contribution < 1.29 is 9.18 Å². The molecule has 0 spiro atoms. The molecular weight excluding hydrogens is 257 g/mol. The quantitative estimate of drug-likeness (QED) is 0.849. The van der Waals surface area contributed by atoms with Crippen LogP contribution in [0, 0.1) is 5.82 Å². The highest BCUT2D eigenvalue weighted by atomic mass is 19.1. The number of carbonyl (C=O) groups is 1. The summed E-state index contributed by atoms with van der Waals surface area (Å²) in [5.41, 5.74) is 1.68. The zero-order valence-corrected chi connectivity index (χ0v) is 11.0. The molecule has 0 saturated heterocycles. The van der Waals surface area contributed by atoms with Crippen LogP contribution in [-0.4, -0.2) is 17.4 Å². The predicted molar refractivity (Wildman–Crippen MR) is 75.6 cm³/mol. The van der Waals surface area contributed by atoms with Crippen molar-refractivity contribution in [2.75, 3.05) is 11.9 Å². The van der Waals surface area contributed by atoms with Crippen molar-refractivity contribution in [3.8, 4) is 0 Å². The Labute approximate surface area is 117 Å². The van der Waals surface area contributed by atoms with Gasteiger partial charge in [0.25, 0.3) is 0 Å². The average molecular weight is 273 g/mol. The molecule has 0 fully saturated rings. The summed E-state index contributed by atoms with van der Waals surface area (Å²) in [6.07, 6.45) is 3.71. The maximum absolute atomic E-state index is 12.9. The van der Waals surface area contributed by atoms with Gasteiger partial charge in [-0.05, 0) is 35.9 Å². The van der Waals surface area contributed by atoms with E-state index in [0.29, 0.717) is 25.2 Å². The van der Waals surface area contributed by atoms with Crippen molar-refractivity contribution in [2.45, 2.75) is 13.0 Å². The normalized spacial score (nSPS) is 10.1. The lowest BCUT2D eigenvalue weighted by molar-refractivity contribution is -0.121. The van der Waals surface area contributed by atoms with Crippen LogP contribution in [-0.2, 0) is 11.3 Å². The molecule has 0 atom stereocenters. The average Bonchev–Trinajstić information content (AvgIpc) is 2.46. The number of hydrogen-bond acceptors (Lipinski definition) is 3. The second-order valence-corrected chi connectivity index (χ2v) is 4.32. The molecule has 0 saturated carbocycles. The number of halogens is 1. The fraction of sp³-hybridized carbons (Fsp3) is 0.200. The Morgan fingerprint density at radius 3 is 2.75 bits per heavy atom. The van der Waals surface area contributed by atoms with E-state index in [1.54, 1.807) is 24.5 Å². The molecule has 0 bridgehead atoms. The fourth-order valence-corrected chi connectivity index (χ4v) is 1.71. The summed E-state index contributed by atoms with van der Waals surface area (Å²) in [5.74, 6) is -0.345. The van der Waals surface area contributed by atoms with Crippen LogP contribution in [0.3, 0.4) is 0 Å². The van der Waals surface area contributed by atoms with Crippen molar-refractivity contribution in [1.82, 2.24) is 10.3 Å². The molecule has 0 aliphatic rings. The van der Waals surface area contributed by atoms with Gasteiger partial charge < -0.3 is 10.6 Å². The van der Waals surface area contributed by atoms with Crippen molar-refractivity contribution in [3.63, 3.8) is 0 Å². The van der Waals surface area contributed by atoms with E-state index in [9.17, 15) is 9.18 Å². The van der Waals surface area contributed by atoms with E-state index >= 15 is 0 Å². The van der Waals surface area contributed by atoms with E-state index in [-0.39, 0.29) is 11.7 Å². The lowest BCUT2D eigenvalue weighted by Gasteiger charge is -2.07. The third kappa shape index (κ3) is 4.68. The lowest BCUT2D eigenvalue weighted by Crippen LogP contribution is -2.24. The smallest absolute Gasteiger partial charge is 0.222 e. The monoisotopic (exact) mass is 273 g/mol. The summed E-state index contributed by atoms with van der Waals surface area (Å²) in [6.45, 7) is 0.951. The third-order valence-electron chi connectivity index (χ3n) is 2.74. The van der Waals surface area contributed by atoms with Crippen LogP contribution >= 0.6 is 0 Å². The first kappa shape index (κ1) is 14.0. The van der Waals surface area contributed by atoms with Crippen LogP contribution in [0.25, 0.3) is 0 Å². The SMILES string of the molecule is O=C(CCNc1cccc(F)c1)NCc1ccncc1. The molecule has 1 amide bonds. The summed E-state index contributed by atoms with van der Waals surface area (Å²) in [4.78, 5) is 15.5. The number of hydrogen-bond donors (Lipinski definition) is 2. The molecule has 4 nitrogen and oxygen atoms in total. The topological polar surface area (TPSA) is 54.0 Å². The van der Waals surface area contributed by atoms with E-state index in [0.717, 1.165) is 5.56 Å². The molecule has 1 aromatic heterocycles. The molecule has 0 radical (unpaired) electrons. The zero-order valence-electron chi connectivity index (χ0n) is 11.0. The molecule has 2 N–H and O–H groups in total. The molecule has 0 aliphatic carbocycles. The Morgan fingerprint density at radius 1 is 1.20 bits per heavy atom. The van der Waals surface area contributed by atoms with Gasteiger partial charge in [-0.2, -0.15) is 0 Å². The molecule has 104 valence electrons. The van der Waals surface area contributed by atoms with Gasteiger partial charge in [0, 0.05) is 37.6 Å². The summed E-state index contributed by atoms with van der Waals surface area (Å²) < 4.78 is 12.9. The maximum atomic E-state index is 12.9. The van der Waals surface area contributed by atoms with E-state index in [4.69, 9.17) is 0 Å². The van der Waals surface area contributed by atoms with E-state index < -0.39 is 0 Å². The van der Waals surface area contributed by atoms with Gasteiger partial charge in [0.1, 0.15) is 5.82 Å². The van der Waals surface area contributed by atoms with Crippen molar-refractivity contribution >= 4 is 11.6 Å². The fourth-order valence-electron chi connectivity index (χ4n) is 1.71. The predicted octanol–water partition coefficient (Wildman–Crippen LogP) is 2.34. The minimum atomic E-state index is -0.294. The number of rotatable bonds is 6. The van der Waals surface area contributed by atoms with Crippen LogP contribution in [0.2, 0.25) is 0 Å². The number of pyridine rings is 1. The molecule has 5 heteroatoms. The van der Waals surface area contributed by atoms with E-state index in [2.05, 4.69) is 15.6 Å². The van der Waals surface area contributed by atoms with Crippen LogP contribution in [0.1, 0.15) is 12.0 Å². The second kappa shape index (κ2) is 7.23. The number of nitrogens with one attached hydrogen (secondary N) is 2. The Kier molecular flexibility index (Phi) is 5.06. The van der Waals surface area contributed by atoms with Crippen molar-refractivity contribution in [2.24, 2.45) is 0 Å². The highest BCUT2D eigenvalue weighted by Gasteiger charge is 2.01. The maximum Gasteiger partial charge on any atom is 0.222 e. The molecular formula is C15H16FN3O. The van der Waals surface area contributed by atoms with Crippen molar-refractivity contribution in [1.29, 1.82) is 0 Å². The standard InChI is InChI=1S/C15H16FN3O/c16-13-2-1-3-14(10-13)18-9-6-15(20)19-11-12-4-7-17-8-5-12/h1-5,7-8,10,18H,6,9,11H2,(H,19,20). The summed E-state index contributed by atoms with van der Waals surface area (Å²) >= 11 is 0. The lowest BCUT2D eigenvalue weighted by atomic mass is 10.2. The minimum Gasteiger partial charge on any atom is -0.384 e. The van der Waals surface area contributed by atoms with Crippen LogP contribution in [0.4, 0.5) is 10.1 Å². The Bertz CT molecular complexity index is 560. The summed E-state index contributed by atoms with van der Waals surface area (Å²) in [5, 5.41) is 5.82. The molecule has 20 heavy (non-hydrogen) atoms. The van der Waals surface area contributed by atoms with Gasteiger partial charge >= 0.3 is 0 Å².